The molecule has 1 fully saturated rings. The molecule has 1 aliphatic carbocycles. The van der Waals surface area contributed by atoms with Crippen molar-refractivity contribution in [2.24, 2.45) is 0 Å². The van der Waals surface area contributed by atoms with E-state index in [1.807, 2.05) is 31.2 Å². The second-order valence-electron chi connectivity index (χ2n) is 6.21. The van der Waals surface area contributed by atoms with E-state index < -0.39 is 0 Å². The summed E-state index contributed by atoms with van der Waals surface area (Å²) < 4.78 is 6.00. The number of nitriles is 1. The average Bonchev–Trinajstić information content (AvgIpc) is 2.62. The highest BCUT2D eigenvalue weighted by molar-refractivity contribution is 5.43. The minimum absolute atomic E-state index is 0.298. The third-order valence-electron chi connectivity index (χ3n) is 4.32. The number of aromatic nitrogens is 2. The molecule has 0 amide bonds. The van der Waals surface area contributed by atoms with E-state index in [2.05, 4.69) is 21.4 Å². The van der Waals surface area contributed by atoms with E-state index >= 15 is 0 Å². The molecule has 1 saturated carbocycles. The van der Waals surface area contributed by atoms with Crippen molar-refractivity contribution in [1.29, 1.82) is 5.26 Å². The third kappa shape index (κ3) is 4.23. The lowest BCUT2D eigenvalue weighted by Crippen LogP contribution is -2.20. The predicted molar refractivity (Wildman–Crippen MR) is 92.8 cm³/mol. The van der Waals surface area contributed by atoms with Gasteiger partial charge in [0, 0.05) is 18.8 Å². The molecule has 1 N–H and O–H groups in total. The lowest BCUT2D eigenvalue weighted by atomic mass is 9.98. The van der Waals surface area contributed by atoms with Gasteiger partial charge in [-0.3, -0.25) is 0 Å². The monoisotopic (exact) mass is 322 g/mol. The molecule has 2 heterocycles. The molecule has 5 nitrogen and oxygen atoms in total. The van der Waals surface area contributed by atoms with Crippen LogP contribution in [0.15, 0.2) is 30.5 Å². The van der Waals surface area contributed by atoms with Gasteiger partial charge in [-0.1, -0.05) is 12.5 Å². The first-order chi connectivity index (χ1) is 11.7. The number of hydrogen-bond acceptors (Lipinski definition) is 5. The van der Waals surface area contributed by atoms with Gasteiger partial charge < -0.3 is 10.1 Å². The molecular weight excluding hydrogens is 300 g/mol. The summed E-state index contributed by atoms with van der Waals surface area (Å²) in [5.41, 5.74) is 2.42. The first-order valence-corrected chi connectivity index (χ1v) is 8.48. The first kappa shape index (κ1) is 16.3. The maximum absolute atomic E-state index is 9.06. The number of pyridine rings is 2. The molecule has 0 unspecified atom stereocenters. The lowest BCUT2D eigenvalue weighted by molar-refractivity contribution is 0.148. The van der Waals surface area contributed by atoms with Crippen LogP contribution in [0.2, 0.25) is 0 Å². The molecular formula is C19H22N4O. The van der Waals surface area contributed by atoms with Crippen molar-refractivity contribution in [2.45, 2.75) is 51.7 Å². The van der Waals surface area contributed by atoms with Crippen LogP contribution >= 0.6 is 0 Å². The summed E-state index contributed by atoms with van der Waals surface area (Å²) in [6.07, 6.45) is 8.11. The van der Waals surface area contributed by atoms with Crippen LogP contribution in [-0.4, -0.2) is 16.1 Å². The fourth-order valence-corrected chi connectivity index (χ4v) is 2.91. The van der Waals surface area contributed by atoms with Crippen LogP contribution in [0.25, 0.3) is 0 Å². The summed E-state index contributed by atoms with van der Waals surface area (Å²) in [4.78, 5) is 8.62. The normalized spacial score (nSPS) is 14.8. The number of rotatable bonds is 5. The Labute approximate surface area is 142 Å². The fourth-order valence-electron chi connectivity index (χ4n) is 2.91. The van der Waals surface area contributed by atoms with Gasteiger partial charge in [-0.05, 0) is 55.9 Å². The molecule has 5 heteroatoms. The summed E-state index contributed by atoms with van der Waals surface area (Å²) in [7, 11) is 0. The van der Waals surface area contributed by atoms with Crippen LogP contribution in [0.3, 0.4) is 0 Å². The number of nitrogens with zero attached hydrogens (tertiary/aromatic N) is 3. The second kappa shape index (κ2) is 7.78. The van der Waals surface area contributed by atoms with Gasteiger partial charge in [-0.2, -0.15) is 5.26 Å². The Hall–Kier alpha value is -2.61. The summed E-state index contributed by atoms with van der Waals surface area (Å²) in [6, 6.07) is 9.83. The van der Waals surface area contributed by atoms with Gasteiger partial charge >= 0.3 is 0 Å². The standard InChI is InChI=1S/C19H22N4O/c1-14-7-8-18(23-17(14)12-20)22-13-15-9-10-21-19(11-15)24-16-5-3-2-4-6-16/h7-11,16H,2-6,13H2,1H3,(H,22,23). The van der Waals surface area contributed by atoms with Crippen LogP contribution in [0.5, 0.6) is 5.88 Å². The largest absolute Gasteiger partial charge is 0.474 e. The van der Waals surface area contributed by atoms with E-state index in [-0.39, 0.29) is 0 Å². The van der Waals surface area contributed by atoms with Crippen molar-refractivity contribution in [2.75, 3.05) is 5.32 Å². The van der Waals surface area contributed by atoms with Gasteiger partial charge in [-0.15, -0.1) is 0 Å². The Balaban J connectivity index is 1.61. The molecule has 24 heavy (non-hydrogen) atoms. The second-order valence-corrected chi connectivity index (χ2v) is 6.21. The van der Waals surface area contributed by atoms with Crippen LogP contribution in [0.1, 0.15) is 48.9 Å². The molecule has 1 aliphatic rings. The highest BCUT2D eigenvalue weighted by Gasteiger charge is 2.15. The highest BCUT2D eigenvalue weighted by atomic mass is 16.5. The molecule has 2 aromatic rings. The van der Waals surface area contributed by atoms with E-state index in [1.54, 1.807) is 6.20 Å². The number of ether oxygens (including phenoxy) is 1. The lowest BCUT2D eigenvalue weighted by Gasteiger charge is -2.22. The topological polar surface area (TPSA) is 70.8 Å². The zero-order chi connectivity index (χ0) is 16.8. The van der Waals surface area contributed by atoms with Crippen molar-refractivity contribution < 1.29 is 4.74 Å². The van der Waals surface area contributed by atoms with E-state index in [4.69, 9.17) is 10.00 Å². The number of aryl methyl sites for hydroxylation is 1. The molecule has 0 spiro atoms. The van der Waals surface area contributed by atoms with Gasteiger partial charge in [0.1, 0.15) is 23.7 Å². The van der Waals surface area contributed by atoms with Crippen molar-refractivity contribution in [3.63, 3.8) is 0 Å². The molecule has 124 valence electrons. The zero-order valence-corrected chi connectivity index (χ0v) is 14.0. The third-order valence-corrected chi connectivity index (χ3v) is 4.32. The Morgan fingerprint density at radius 1 is 1.25 bits per heavy atom. The maximum atomic E-state index is 9.06. The van der Waals surface area contributed by atoms with E-state index in [0.717, 1.165) is 24.0 Å². The Kier molecular flexibility index (Phi) is 5.27. The molecule has 0 aromatic carbocycles. The summed E-state index contributed by atoms with van der Waals surface area (Å²) in [6.45, 7) is 2.50. The summed E-state index contributed by atoms with van der Waals surface area (Å²) in [5.74, 6) is 1.39. The molecule has 0 atom stereocenters. The number of hydrogen-bond donors (Lipinski definition) is 1. The minimum atomic E-state index is 0.298. The van der Waals surface area contributed by atoms with Gasteiger partial charge in [0.15, 0.2) is 0 Å². The van der Waals surface area contributed by atoms with Gasteiger partial charge in [-0.25, -0.2) is 9.97 Å². The quantitative estimate of drug-likeness (QED) is 0.901. The van der Waals surface area contributed by atoms with Gasteiger partial charge in [0.2, 0.25) is 5.88 Å². The summed E-state index contributed by atoms with van der Waals surface area (Å²) in [5, 5.41) is 12.3. The molecule has 0 saturated heterocycles. The summed E-state index contributed by atoms with van der Waals surface area (Å²) >= 11 is 0. The van der Waals surface area contributed by atoms with Crippen molar-refractivity contribution in [3.8, 4) is 11.9 Å². The van der Waals surface area contributed by atoms with Crippen LogP contribution in [-0.2, 0) is 6.54 Å². The molecule has 3 rings (SSSR count). The zero-order valence-electron chi connectivity index (χ0n) is 14.0. The SMILES string of the molecule is Cc1ccc(NCc2ccnc(OC3CCCCC3)c2)nc1C#N. The Bertz CT molecular complexity index is 732. The van der Waals surface area contributed by atoms with E-state index in [0.29, 0.717) is 30.0 Å². The van der Waals surface area contributed by atoms with Gasteiger partial charge in [0.25, 0.3) is 0 Å². The van der Waals surface area contributed by atoms with E-state index in [1.165, 1.54) is 19.3 Å². The van der Waals surface area contributed by atoms with Crippen LogP contribution in [0, 0.1) is 18.3 Å². The van der Waals surface area contributed by atoms with Crippen molar-refractivity contribution in [3.05, 3.63) is 47.3 Å². The highest BCUT2D eigenvalue weighted by Crippen LogP contribution is 2.22. The van der Waals surface area contributed by atoms with Crippen LogP contribution < -0.4 is 10.1 Å². The van der Waals surface area contributed by atoms with Gasteiger partial charge in [0.05, 0.1) is 0 Å². The maximum Gasteiger partial charge on any atom is 0.213 e. The van der Waals surface area contributed by atoms with E-state index in [9.17, 15) is 0 Å². The predicted octanol–water partition coefficient (Wildman–Crippen LogP) is 3.98. The number of nitrogens with one attached hydrogen (secondary N) is 1. The molecule has 0 aliphatic heterocycles. The fraction of sp³-hybridized carbons (Fsp3) is 0.421. The van der Waals surface area contributed by atoms with Crippen molar-refractivity contribution >= 4 is 5.82 Å². The Morgan fingerprint density at radius 2 is 2.08 bits per heavy atom. The van der Waals surface area contributed by atoms with Crippen molar-refractivity contribution in [1.82, 2.24) is 9.97 Å². The smallest absolute Gasteiger partial charge is 0.213 e. The Morgan fingerprint density at radius 3 is 2.88 bits per heavy atom. The molecule has 0 bridgehead atoms. The molecule has 0 radical (unpaired) electrons. The minimum Gasteiger partial charge on any atom is -0.474 e. The first-order valence-electron chi connectivity index (χ1n) is 8.48. The number of anilines is 1. The average molecular weight is 322 g/mol. The molecule has 2 aromatic heterocycles. The van der Waals surface area contributed by atoms with Crippen LogP contribution in [0.4, 0.5) is 5.82 Å².